The standard InChI is InChI=1S/C38H53F2N5O8/c1-5-10-24(33(48)38(39,40)37(53)43-22(4)36(51)52)17-30(47)32-26-14-9-13-25(26)20-45(32)35(50)31(21(2)3)44-34(49)27(23-11-7-6-8-12-23)18-29(46)28-19-41-15-16-42-28/h15-16,19,21-27,31-32H,5-14,17-18,20H2,1-4H3,(H,43,53)(H,44,49)(H,51,52)/t22-,24+,25-,26-,27-,31-,32-/m0/s1. The molecule has 3 fully saturated rings. The van der Waals surface area contributed by atoms with Crippen LogP contribution in [0.15, 0.2) is 18.6 Å². The van der Waals surface area contributed by atoms with Crippen LogP contribution >= 0.6 is 0 Å². The molecule has 53 heavy (non-hydrogen) atoms. The van der Waals surface area contributed by atoms with E-state index in [1.54, 1.807) is 26.1 Å². The summed E-state index contributed by atoms with van der Waals surface area (Å²) in [6.45, 7) is 6.40. The van der Waals surface area contributed by atoms with E-state index in [9.17, 15) is 33.6 Å². The maximum Gasteiger partial charge on any atom is 0.381 e. The number of ketones is 3. The number of Topliss-reactive ketones (excluding diaryl/α,β-unsaturated/α-hetero) is 3. The van der Waals surface area contributed by atoms with Gasteiger partial charge in [-0.2, -0.15) is 8.78 Å². The first-order valence-corrected chi connectivity index (χ1v) is 19.0. The number of fused-ring (bicyclic) bond motifs is 1. The lowest BCUT2D eigenvalue weighted by molar-refractivity contribution is -0.163. The third-order valence-corrected chi connectivity index (χ3v) is 11.3. The van der Waals surface area contributed by atoms with Crippen molar-refractivity contribution in [2.24, 2.45) is 35.5 Å². The van der Waals surface area contributed by atoms with Gasteiger partial charge in [-0.15, -0.1) is 0 Å². The third kappa shape index (κ3) is 9.88. The molecule has 0 bridgehead atoms. The first-order valence-electron chi connectivity index (χ1n) is 19.0. The zero-order chi connectivity index (χ0) is 39.0. The molecule has 0 spiro atoms. The molecule has 1 aromatic rings. The first-order chi connectivity index (χ1) is 25.1. The largest absolute Gasteiger partial charge is 0.480 e. The van der Waals surface area contributed by atoms with Gasteiger partial charge in [0, 0.05) is 43.6 Å². The summed E-state index contributed by atoms with van der Waals surface area (Å²) in [5, 5.41) is 13.6. The molecule has 7 atom stereocenters. The Hall–Kier alpha value is -4.17. The SMILES string of the molecule is CCC[C@H](CC(=O)[C@@H]1[C@H]2CCC[C@H]2CN1C(=O)[C@@H](NC(=O)[C@@H](CC(=O)c1cnccn1)C1CCCCC1)C(C)C)C(=O)C(F)(F)C(=O)N[C@@H](C)C(=O)O. The zero-order valence-electron chi connectivity index (χ0n) is 31.0. The molecule has 0 unspecified atom stereocenters. The Morgan fingerprint density at radius 1 is 0.943 bits per heavy atom. The second kappa shape index (κ2) is 18.2. The number of carboxylic acid groups (broad SMARTS) is 1. The fourth-order valence-electron chi connectivity index (χ4n) is 8.41. The number of carbonyl (C=O) groups is 7. The Kier molecular flexibility index (Phi) is 14.3. The number of halogens is 2. The second-order valence-corrected chi connectivity index (χ2v) is 15.4. The molecule has 3 aliphatic rings. The van der Waals surface area contributed by atoms with Crippen LogP contribution in [0.25, 0.3) is 0 Å². The highest BCUT2D eigenvalue weighted by Gasteiger charge is 2.54. The topological polar surface area (TPSA) is 193 Å². The van der Waals surface area contributed by atoms with Gasteiger partial charge in [-0.05, 0) is 62.7 Å². The van der Waals surface area contributed by atoms with Crippen molar-refractivity contribution < 1.29 is 47.4 Å². The van der Waals surface area contributed by atoms with Gasteiger partial charge in [0.2, 0.25) is 17.6 Å². The minimum atomic E-state index is -4.58. The number of aromatic nitrogens is 2. The molecule has 2 heterocycles. The van der Waals surface area contributed by atoms with E-state index in [0.29, 0.717) is 6.42 Å². The van der Waals surface area contributed by atoms with Crippen LogP contribution in [-0.4, -0.2) is 91.6 Å². The lowest BCUT2D eigenvalue weighted by atomic mass is 9.77. The van der Waals surface area contributed by atoms with Gasteiger partial charge >= 0.3 is 11.9 Å². The number of carboxylic acids is 1. The van der Waals surface area contributed by atoms with Crippen molar-refractivity contribution in [3.05, 3.63) is 24.3 Å². The molecule has 4 rings (SSSR count). The molecule has 13 nitrogen and oxygen atoms in total. The van der Waals surface area contributed by atoms with E-state index >= 15 is 8.78 Å². The van der Waals surface area contributed by atoms with Gasteiger partial charge in [0.25, 0.3) is 5.91 Å². The van der Waals surface area contributed by atoms with Crippen molar-refractivity contribution in [2.45, 2.75) is 129 Å². The van der Waals surface area contributed by atoms with E-state index in [0.717, 1.165) is 51.9 Å². The van der Waals surface area contributed by atoms with Crippen LogP contribution in [0.1, 0.15) is 115 Å². The van der Waals surface area contributed by atoms with Crippen LogP contribution in [0.3, 0.4) is 0 Å². The number of nitrogens with one attached hydrogen (secondary N) is 2. The molecule has 292 valence electrons. The normalized spacial score (nSPS) is 22.7. The van der Waals surface area contributed by atoms with E-state index in [2.05, 4.69) is 15.3 Å². The van der Waals surface area contributed by atoms with Gasteiger partial charge in [0.05, 0.1) is 12.2 Å². The van der Waals surface area contributed by atoms with Gasteiger partial charge in [-0.25, -0.2) is 4.98 Å². The average Bonchev–Trinajstić information content (AvgIpc) is 3.74. The summed E-state index contributed by atoms with van der Waals surface area (Å²) >= 11 is 0. The third-order valence-electron chi connectivity index (χ3n) is 11.3. The van der Waals surface area contributed by atoms with E-state index in [1.165, 1.54) is 23.5 Å². The predicted octanol–water partition coefficient (Wildman–Crippen LogP) is 4.18. The number of rotatable bonds is 18. The van der Waals surface area contributed by atoms with Crippen LogP contribution in [0.5, 0.6) is 0 Å². The Morgan fingerprint density at radius 3 is 2.25 bits per heavy atom. The maximum atomic E-state index is 15.1. The number of aliphatic carboxylic acids is 1. The Bertz CT molecular complexity index is 1520. The fraction of sp³-hybridized carbons (Fsp3) is 0.711. The summed E-state index contributed by atoms with van der Waals surface area (Å²) < 4.78 is 30.3. The Balaban J connectivity index is 1.55. The maximum absolute atomic E-state index is 15.1. The van der Waals surface area contributed by atoms with Crippen molar-refractivity contribution in [2.75, 3.05) is 6.54 Å². The average molecular weight is 746 g/mol. The monoisotopic (exact) mass is 745 g/mol. The molecule has 0 aromatic carbocycles. The molecule has 2 saturated carbocycles. The number of nitrogens with zero attached hydrogens (tertiary/aromatic N) is 3. The van der Waals surface area contributed by atoms with E-state index in [4.69, 9.17) is 5.11 Å². The van der Waals surface area contributed by atoms with Crippen LogP contribution in [0.4, 0.5) is 8.78 Å². The van der Waals surface area contributed by atoms with Gasteiger partial charge in [-0.1, -0.05) is 52.9 Å². The number of likely N-dealkylation sites (tertiary alicyclic amines) is 1. The Morgan fingerprint density at radius 2 is 1.64 bits per heavy atom. The molecule has 3 amide bonds. The van der Waals surface area contributed by atoms with Crippen LogP contribution < -0.4 is 10.6 Å². The number of hydrogen-bond acceptors (Lipinski definition) is 9. The molecular formula is C38H53F2N5O8. The molecular weight excluding hydrogens is 692 g/mol. The van der Waals surface area contributed by atoms with Crippen molar-refractivity contribution in [1.82, 2.24) is 25.5 Å². The minimum Gasteiger partial charge on any atom is -0.480 e. The van der Waals surface area contributed by atoms with E-state index < -0.39 is 83.5 Å². The molecule has 0 radical (unpaired) electrons. The molecule has 2 aliphatic carbocycles. The van der Waals surface area contributed by atoms with Crippen molar-refractivity contribution in [3.8, 4) is 0 Å². The highest BCUT2D eigenvalue weighted by molar-refractivity contribution is 6.10. The molecule has 1 aromatic heterocycles. The Labute approximate surface area is 308 Å². The van der Waals surface area contributed by atoms with Gasteiger partial charge in [0.15, 0.2) is 11.6 Å². The van der Waals surface area contributed by atoms with Gasteiger partial charge in [0.1, 0.15) is 17.8 Å². The number of hydrogen-bond donors (Lipinski definition) is 3. The number of carbonyl (C=O) groups excluding carboxylic acids is 6. The quantitative estimate of drug-likeness (QED) is 0.145. The minimum absolute atomic E-state index is 0.0268. The summed E-state index contributed by atoms with van der Waals surface area (Å²) in [6.07, 6.45) is 10.2. The van der Waals surface area contributed by atoms with Crippen LogP contribution in [-0.2, 0) is 28.8 Å². The van der Waals surface area contributed by atoms with Crippen LogP contribution in [0, 0.1) is 35.5 Å². The fourth-order valence-corrected chi connectivity index (χ4v) is 8.41. The molecule has 15 heteroatoms. The van der Waals surface area contributed by atoms with Gasteiger partial charge in [-0.3, -0.25) is 38.5 Å². The summed E-state index contributed by atoms with van der Waals surface area (Å²) in [7, 11) is 0. The molecule has 1 aliphatic heterocycles. The second-order valence-electron chi connectivity index (χ2n) is 15.4. The predicted molar refractivity (Wildman–Crippen MR) is 187 cm³/mol. The number of amides is 3. The van der Waals surface area contributed by atoms with Crippen molar-refractivity contribution in [3.63, 3.8) is 0 Å². The number of alkyl halides is 2. The van der Waals surface area contributed by atoms with Crippen molar-refractivity contribution >= 4 is 41.0 Å². The summed E-state index contributed by atoms with van der Waals surface area (Å²) in [4.78, 5) is 102. The van der Waals surface area contributed by atoms with Crippen molar-refractivity contribution in [1.29, 1.82) is 0 Å². The molecule has 3 N–H and O–H groups in total. The van der Waals surface area contributed by atoms with Crippen LogP contribution in [0.2, 0.25) is 0 Å². The first kappa shape index (κ1) is 41.6. The van der Waals surface area contributed by atoms with E-state index in [1.807, 2.05) is 0 Å². The summed E-state index contributed by atoms with van der Waals surface area (Å²) in [5.74, 6) is -14.8. The highest BCUT2D eigenvalue weighted by Crippen LogP contribution is 2.44. The lowest BCUT2D eigenvalue weighted by Gasteiger charge is -2.35. The zero-order valence-corrected chi connectivity index (χ0v) is 31.0. The highest BCUT2D eigenvalue weighted by atomic mass is 19.3. The smallest absolute Gasteiger partial charge is 0.381 e. The summed E-state index contributed by atoms with van der Waals surface area (Å²) in [5.41, 5.74) is 0.149. The van der Waals surface area contributed by atoms with E-state index in [-0.39, 0.29) is 55.0 Å². The summed E-state index contributed by atoms with van der Waals surface area (Å²) in [6, 6.07) is -3.73. The van der Waals surface area contributed by atoms with Gasteiger partial charge < -0.3 is 20.6 Å². The lowest BCUT2D eigenvalue weighted by Crippen LogP contribution is -2.56. The molecule has 1 saturated heterocycles.